The molecule has 1 aromatic carbocycles. The lowest BCUT2D eigenvalue weighted by atomic mass is 9.99. The first-order chi connectivity index (χ1) is 9.60. The van der Waals surface area contributed by atoms with Crippen molar-refractivity contribution in [2.45, 2.75) is 13.3 Å². The Bertz CT molecular complexity index is 683. The summed E-state index contributed by atoms with van der Waals surface area (Å²) in [6, 6.07) is 7.79. The van der Waals surface area contributed by atoms with Gasteiger partial charge in [-0.25, -0.2) is 0 Å². The predicted molar refractivity (Wildman–Crippen MR) is 76.2 cm³/mol. The molecule has 3 rings (SSSR count). The van der Waals surface area contributed by atoms with Crippen molar-refractivity contribution in [3.63, 3.8) is 0 Å². The summed E-state index contributed by atoms with van der Waals surface area (Å²) in [6.07, 6.45) is 2.26. The van der Waals surface area contributed by atoms with E-state index in [1.165, 1.54) is 0 Å². The highest BCUT2D eigenvalue weighted by atomic mass is 16.4. The number of anilines is 1. The second-order valence-electron chi connectivity index (χ2n) is 5.12. The summed E-state index contributed by atoms with van der Waals surface area (Å²) in [7, 11) is 0. The number of benzene rings is 1. The Morgan fingerprint density at radius 1 is 1.30 bits per heavy atom. The molecule has 2 aromatic rings. The molecule has 0 unspecified atom stereocenters. The molecule has 0 radical (unpaired) electrons. The number of aliphatic carboxylic acids is 1. The summed E-state index contributed by atoms with van der Waals surface area (Å²) < 4.78 is 1.66. The average molecular weight is 272 g/mol. The minimum Gasteiger partial charge on any atom is -0.481 e. The van der Waals surface area contributed by atoms with Crippen molar-refractivity contribution in [2.75, 3.05) is 18.0 Å². The lowest BCUT2D eigenvalue weighted by molar-refractivity contribution is -0.142. The summed E-state index contributed by atoms with van der Waals surface area (Å²) >= 11 is 0. The van der Waals surface area contributed by atoms with Crippen molar-refractivity contribution in [1.82, 2.24) is 4.57 Å². The van der Waals surface area contributed by atoms with Gasteiger partial charge in [-0.15, -0.1) is 0 Å². The number of hydrogen-bond acceptors (Lipinski definition) is 3. The summed E-state index contributed by atoms with van der Waals surface area (Å²) in [4.78, 5) is 24.6. The van der Waals surface area contributed by atoms with Crippen LogP contribution in [0, 0.1) is 5.92 Å². The van der Waals surface area contributed by atoms with Gasteiger partial charge in [0.25, 0.3) is 0 Å². The van der Waals surface area contributed by atoms with Crippen molar-refractivity contribution in [3.8, 4) is 0 Å². The number of aromatic nitrogens is 1. The van der Waals surface area contributed by atoms with Gasteiger partial charge in [-0.1, -0.05) is 6.92 Å². The summed E-state index contributed by atoms with van der Waals surface area (Å²) in [5.41, 5.74) is 1.91. The van der Waals surface area contributed by atoms with E-state index in [0.29, 0.717) is 19.5 Å². The normalized spacial score (nSPS) is 15.3. The molecule has 0 spiro atoms. The molecule has 5 nitrogen and oxygen atoms in total. The number of nitrogens with zero attached hydrogens (tertiary/aromatic N) is 2. The molecular formula is C15H16N2O3. The highest BCUT2D eigenvalue weighted by Crippen LogP contribution is 2.28. The fraction of sp³-hybridized carbons (Fsp3) is 0.333. The molecule has 0 saturated carbocycles. The van der Waals surface area contributed by atoms with Crippen molar-refractivity contribution in [3.05, 3.63) is 30.5 Å². The third kappa shape index (κ3) is 1.95. The van der Waals surface area contributed by atoms with E-state index in [9.17, 15) is 9.59 Å². The SMILES string of the molecule is CCC(=O)n1ccc2cc(N3CC(C(=O)O)C3)ccc21. The number of rotatable bonds is 3. The molecular weight excluding hydrogens is 256 g/mol. The lowest BCUT2D eigenvalue weighted by Crippen LogP contribution is -2.50. The van der Waals surface area contributed by atoms with Crippen LogP contribution in [0.3, 0.4) is 0 Å². The molecule has 1 aliphatic rings. The largest absolute Gasteiger partial charge is 0.481 e. The second-order valence-corrected chi connectivity index (χ2v) is 5.12. The Labute approximate surface area is 116 Å². The third-order valence-electron chi connectivity index (χ3n) is 3.84. The smallest absolute Gasteiger partial charge is 0.310 e. The molecule has 1 saturated heterocycles. The molecule has 2 heterocycles. The van der Waals surface area contributed by atoms with E-state index in [2.05, 4.69) is 0 Å². The zero-order chi connectivity index (χ0) is 14.3. The van der Waals surface area contributed by atoms with Crippen molar-refractivity contribution < 1.29 is 14.7 Å². The van der Waals surface area contributed by atoms with E-state index in [0.717, 1.165) is 16.6 Å². The van der Waals surface area contributed by atoms with Gasteiger partial charge in [0.1, 0.15) is 0 Å². The standard InChI is InChI=1S/C15H16N2O3/c1-2-14(18)17-6-5-10-7-12(3-4-13(10)17)16-8-11(9-16)15(19)20/h3-7,11H,2,8-9H2,1H3,(H,19,20). The topological polar surface area (TPSA) is 62.5 Å². The highest BCUT2D eigenvalue weighted by molar-refractivity contribution is 5.94. The van der Waals surface area contributed by atoms with E-state index in [-0.39, 0.29) is 11.8 Å². The first kappa shape index (κ1) is 12.7. The number of carbonyl (C=O) groups is 2. The molecule has 0 amide bonds. The number of carboxylic acids is 1. The Hall–Kier alpha value is -2.30. The first-order valence-corrected chi connectivity index (χ1v) is 6.72. The first-order valence-electron chi connectivity index (χ1n) is 6.72. The third-order valence-corrected chi connectivity index (χ3v) is 3.84. The quantitative estimate of drug-likeness (QED) is 0.930. The second kappa shape index (κ2) is 4.67. The molecule has 1 aliphatic heterocycles. The van der Waals surface area contributed by atoms with Crippen LogP contribution in [-0.2, 0) is 4.79 Å². The van der Waals surface area contributed by atoms with Crippen LogP contribution in [-0.4, -0.2) is 34.6 Å². The van der Waals surface area contributed by atoms with Gasteiger partial charge in [-0.3, -0.25) is 14.2 Å². The van der Waals surface area contributed by atoms with Gasteiger partial charge < -0.3 is 10.0 Å². The van der Waals surface area contributed by atoms with Crippen molar-refractivity contribution >= 4 is 28.5 Å². The van der Waals surface area contributed by atoms with Crippen molar-refractivity contribution in [2.24, 2.45) is 5.92 Å². The van der Waals surface area contributed by atoms with Crippen LogP contribution in [0.1, 0.15) is 18.1 Å². The van der Waals surface area contributed by atoms with E-state index < -0.39 is 5.97 Å². The van der Waals surface area contributed by atoms with Crippen LogP contribution >= 0.6 is 0 Å². The predicted octanol–water partition coefficient (Wildman–Crippen LogP) is 2.21. The molecule has 20 heavy (non-hydrogen) atoms. The van der Waals surface area contributed by atoms with Crippen LogP contribution < -0.4 is 4.90 Å². The monoisotopic (exact) mass is 272 g/mol. The van der Waals surface area contributed by atoms with E-state index in [1.54, 1.807) is 10.8 Å². The van der Waals surface area contributed by atoms with Gasteiger partial charge in [0.15, 0.2) is 0 Å². The summed E-state index contributed by atoms with van der Waals surface area (Å²) in [5, 5.41) is 9.90. The summed E-state index contributed by atoms with van der Waals surface area (Å²) in [6.45, 7) is 2.94. The van der Waals surface area contributed by atoms with E-state index in [1.807, 2.05) is 36.1 Å². The number of hydrogen-bond donors (Lipinski definition) is 1. The molecule has 5 heteroatoms. The highest BCUT2D eigenvalue weighted by Gasteiger charge is 2.32. The van der Waals surface area contributed by atoms with Gasteiger partial charge in [0, 0.05) is 36.8 Å². The van der Waals surface area contributed by atoms with Gasteiger partial charge in [-0.05, 0) is 24.3 Å². The van der Waals surface area contributed by atoms with Crippen LogP contribution in [0.5, 0.6) is 0 Å². The molecule has 1 fully saturated rings. The lowest BCUT2D eigenvalue weighted by Gasteiger charge is -2.38. The maximum atomic E-state index is 11.8. The Morgan fingerprint density at radius 3 is 2.70 bits per heavy atom. The number of carbonyl (C=O) groups excluding carboxylic acids is 1. The van der Waals surface area contributed by atoms with E-state index in [4.69, 9.17) is 5.11 Å². The number of fused-ring (bicyclic) bond motifs is 1. The van der Waals surface area contributed by atoms with E-state index >= 15 is 0 Å². The summed E-state index contributed by atoms with van der Waals surface area (Å²) in [5.74, 6) is -0.929. The van der Waals surface area contributed by atoms with Gasteiger partial charge in [-0.2, -0.15) is 0 Å². The maximum Gasteiger partial charge on any atom is 0.310 e. The molecule has 1 aromatic heterocycles. The Balaban J connectivity index is 1.86. The zero-order valence-corrected chi connectivity index (χ0v) is 11.2. The van der Waals surface area contributed by atoms with Gasteiger partial charge >= 0.3 is 5.97 Å². The van der Waals surface area contributed by atoms with Crippen LogP contribution in [0.25, 0.3) is 10.9 Å². The molecule has 104 valence electrons. The molecule has 0 bridgehead atoms. The fourth-order valence-corrected chi connectivity index (χ4v) is 2.56. The molecule has 0 atom stereocenters. The van der Waals surface area contributed by atoms with Crippen LogP contribution in [0.2, 0.25) is 0 Å². The Kier molecular flexibility index (Phi) is 2.97. The van der Waals surface area contributed by atoms with Crippen LogP contribution in [0.15, 0.2) is 30.5 Å². The van der Waals surface area contributed by atoms with Gasteiger partial charge in [0.2, 0.25) is 5.91 Å². The molecule has 0 aliphatic carbocycles. The minimum atomic E-state index is -0.734. The van der Waals surface area contributed by atoms with Crippen LogP contribution in [0.4, 0.5) is 5.69 Å². The molecule has 1 N–H and O–H groups in total. The Morgan fingerprint density at radius 2 is 2.05 bits per heavy atom. The average Bonchev–Trinajstić information content (AvgIpc) is 2.78. The van der Waals surface area contributed by atoms with Gasteiger partial charge in [0.05, 0.1) is 11.4 Å². The fourth-order valence-electron chi connectivity index (χ4n) is 2.56. The minimum absolute atomic E-state index is 0.0719. The number of carboxylic acid groups (broad SMARTS) is 1. The zero-order valence-electron chi connectivity index (χ0n) is 11.2. The maximum absolute atomic E-state index is 11.8. The van der Waals surface area contributed by atoms with Crippen molar-refractivity contribution in [1.29, 1.82) is 0 Å².